The van der Waals surface area contributed by atoms with E-state index in [0.717, 1.165) is 10.2 Å². The van der Waals surface area contributed by atoms with E-state index in [4.69, 9.17) is 10.5 Å². The topological polar surface area (TPSA) is 78.9 Å². The second-order valence-corrected chi connectivity index (χ2v) is 4.32. The number of hydrogen-bond acceptors (Lipinski definition) is 5. The second-order valence-electron chi connectivity index (χ2n) is 3.46. The molecule has 0 aromatic carbocycles. The summed E-state index contributed by atoms with van der Waals surface area (Å²) in [7, 11) is 3.38. The molecule has 17 heavy (non-hydrogen) atoms. The summed E-state index contributed by atoms with van der Waals surface area (Å²) in [6.45, 7) is 0. The fourth-order valence-electron chi connectivity index (χ4n) is 1.55. The molecule has 2 N–H and O–H groups in total. The first-order valence-corrected chi connectivity index (χ1v) is 5.71. The zero-order valence-electron chi connectivity index (χ0n) is 9.46. The molecule has 0 fully saturated rings. The zero-order valence-corrected chi connectivity index (χ0v) is 11.0. The molecular weight excluding hydrogens is 286 g/mol. The fourth-order valence-corrected chi connectivity index (χ4v) is 2.14. The van der Waals surface area contributed by atoms with E-state index in [9.17, 15) is 0 Å². The highest BCUT2D eigenvalue weighted by molar-refractivity contribution is 9.10. The van der Waals surface area contributed by atoms with E-state index in [-0.39, 0.29) is 6.04 Å². The van der Waals surface area contributed by atoms with Gasteiger partial charge in [-0.1, -0.05) is 0 Å². The Hall–Kier alpha value is -1.47. The molecule has 0 aliphatic heterocycles. The quantitative estimate of drug-likeness (QED) is 0.915. The molecule has 1 atom stereocenters. The largest absolute Gasteiger partial charge is 0.481 e. The summed E-state index contributed by atoms with van der Waals surface area (Å²) in [5, 5.41) is 4.12. The maximum atomic E-state index is 6.15. The van der Waals surface area contributed by atoms with Gasteiger partial charge in [0.15, 0.2) is 0 Å². The van der Waals surface area contributed by atoms with Gasteiger partial charge in [-0.3, -0.25) is 4.68 Å². The van der Waals surface area contributed by atoms with E-state index < -0.39 is 0 Å². The van der Waals surface area contributed by atoms with Crippen LogP contribution in [0.3, 0.4) is 0 Å². The number of methoxy groups -OCH3 is 1. The van der Waals surface area contributed by atoms with Crippen LogP contribution in [0.1, 0.15) is 17.4 Å². The van der Waals surface area contributed by atoms with Crippen LogP contribution in [-0.4, -0.2) is 26.9 Å². The van der Waals surface area contributed by atoms with Gasteiger partial charge in [-0.25, -0.2) is 9.97 Å². The lowest BCUT2D eigenvalue weighted by Gasteiger charge is -2.12. The van der Waals surface area contributed by atoms with E-state index in [0.29, 0.717) is 11.6 Å². The standard InChI is InChI=1S/C10H12BrN5O/c1-16-10(6(11)4-15-16)9(12)7-3-8(17-2)14-5-13-7/h3-5,9H,12H2,1-2H3. The van der Waals surface area contributed by atoms with Crippen LogP contribution in [0, 0.1) is 0 Å². The van der Waals surface area contributed by atoms with Crippen LogP contribution < -0.4 is 10.5 Å². The van der Waals surface area contributed by atoms with Gasteiger partial charge < -0.3 is 10.5 Å². The van der Waals surface area contributed by atoms with Crippen molar-refractivity contribution < 1.29 is 4.74 Å². The molecule has 0 saturated carbocycles. The number of halogens is 1. The van der Waals surface area contributed by atoms with Crippen molar-refractivity contribution in [2.45, 2.75) is 6.04 Å². The summed E-state index contributed by atoms with van der Waals surface area (Å²) in [4.78, 5) is 8.09. The number of nitrogens with zero attached hydrogens (tertiary/aromatic N) is 4. The van der Waals surface area contributed by atoms with Crippen LogP contribution in [0.25, 0.3) is 0 Å². The lowest BCUT2D eigenvalue weighted by atomic mass is 10.1. The average molecular weight is 298 g/mol. The van der Waals surface area contributed by atoms with Gasteiger partial charge in [0.05, 0.1) is 35.2 Å². The summed E-state index contributed by atoms with van der Waals surface area (Å²) in [6, 6.07) is 1.33. The molecule has 1 unspecified atom stereocenters. The van der Waals surface area contributed by atoms with Crippen LogP contribution in [0.2, 0.25) is 0 Å². The maximum absolute atomic E-state index is 6.15. The normalized spacial score (nSPS) is 12.5. The fraction of sp³-hybridized carbons (Fsp3) is 0.300. The molecule has 90 valence electrons. The van der Waals surface area contributed by atoms with Crippen LogP contribution in [0.5, 0.6) is 5.88 Å². The molecule has 7 heteroatoms. The van der Waals surface area contributed by atoms with Crippen molar-refractivity contribution in [3.05, 3.63) is 34.5 Å². The SMILES string of the molecule is COc1cc(C(N)c2c(Br)cnn2C)ncn1. The molecular formula is C10H12BrN5O. The Balaban J connectivity index is 2.40. The van der Waals surface area contributed by atoms with Crippen molar-refractivity contribution in [3.63, 3.8) is 0 Å². The molecule has 2 rings (SSSR count). The van der Waals surface area contributed by atoms with Crippen molar-refractivity contribution in [1.82, 2.24) is 19.7 Å². The summed E-state index contributed by atoms with van der Waals surface area (Å²) in [5.74, 6) is 0.490. The Kier molecular flexibility index (Phi) is 3.39. The Bertz CT molecular complexity index is 508. The third-order valence-electron chi connectivity index (χ3n) is 2.42. The molecule has 0 aliphatic rings. The van der Waals surface area contributed by atoms with Crippen LogP contribution in [0.15, 0.2) is 23.1 Å². The van der Waals surface area contributed by atoms with Crippen molar-refractivity contribution in [1.29, 1.82) is 0 Å². The first kappa shape index (κ1) is 12.0. The number of rotatable bonds is 3. The molecule has 0 spiro atoms. The van der Waals surface area contributed by atoms with Crippen molar-refractivity contribution >= 4 is 15.9 Å². The molecule has 0 bridgehead atoms. The minimum absolute atomic E-state index is 0.381. The first-order chi connectivity index (χ1) is 8.13. The van der Waals surface area contributed by atoms with Crippen molar-refractivity contribution in [3.8, 4) is 5.88 Å². The van der Waals surface area contributed by atoms with Gasteiger partial charge in [0.25, 0.3) is 0 Å². The summed E-state index contributed by atoms with van der Waals surface area (Å²) >= 11 is 3.41. The Labute approximate surface area is 107 Å². The van der Waals surface area contributed by atoms with Crippen molar-refractivity contribution in [2.75, 3.05) is 7.11 Å². The van der Waals surface area contributed by atoms with Gasteiger partial charge in [-0.05, 0) is 15.9 Å². The van der Waals surface area contributed by atoms with Gasteiger partial charge in [0, 0.05) is 13.1 Å². The van der Waals surface area contributed by atoms with E-state index >= 15 is 0 Å². The lowest BCUT2D eigenvalue weighted by Crippen LogP contribution is -2.18. The number of aromatic nitrogens is 4. The van der Waals surface area contributed by atoms with E-state index in [2.05, 4.69) is 31.0 Å². The van der Waals surface area contributed by atoms with E-state index in [1.165, 1.54) is 6.33 Å². The van der Waals surface area contributed by atoms with Gasteiger partial charge in [0.2, 0.25) is 5.88 Å². The molecule has 0 radical (unpaired) electrons. The second kappa shape index (κ2) is 4.80. The number of nitrogens with two attached hydrogens (primary N) is 1. The molecule has 0 aliphatic carbocycles. The van der Waals surface area contributed by atoms with Crippen LogP contribution >= 0.6 is 15.9 Å². The van der Waals surface area contributed by atoms with Gasteiger partial charge in [-0.15, -0.1) is 0 Å². The molecule has 2 aromatic rings. The minimum atomic E-state index is -0.381. The average Bonchev–Trinajstić information content (AvgIpc) is 2.68. The maximum Gasteiger partial charge on any atom is 0.216 e. The first-order valence-electron chi connectivity index (χ1n) is 4.92. The molecule has 2 heterocycles. The molecule has 6 nitrogen and oxygen atoms in total. The van der Waals surface area contributed by atoms with E-state index in [1.807, 2.05) is 7.05 Å². The molecule has 2 aromatic heterocycles. The Morgan fingerprint density at radius 1 is 1.47 bits per heavy atom. The third-order valence-corrected chi connectivity index (χ3v) is 3.03. The number of hydrogen-bond donors (Lipinski definition) is 1. The smallest absolute Gasteiger partial charge is 0.216 e. The Morgan fingerprint density at radius 3 is 2.82 bits per heavy atom. The van der Waals surface area contributed by atoms with Crippen molar-refractivity contribution in [2.24, 2.45) is 12.8 Å². The van der Waals surface area contributed by atoms with Gasteiger partial charge >= 0.3 is 0 Å². The number of aryl methyl sites for hydroxylation is 1. The van der Waals surface area contributed by atoms with Crippen LogP contribution in [-0.2, 0) is 7.05 Å². The monoisotopic (exact) mass is 297 g/mol. The van der Waals surface area contributed by atoms with E-state index in [1.54, 1.807) is 24.1 Å². The predicted octanol–water partition coefficient (Wildman–Crippen LogP) is 1.03. The van der Waals surface area contributed by atoms with Gasteiger partial charge in [-0.2, -0.15) is 5.10 Å². The summed E-state index contributed by atoms with van der Waals surface area (Å²) in [5.41, 5.74) is 7.68. The summed E-state index contributed by atoms with van der Waals surface area (Å²) < 4.78 is 7.61. The molecule has 0 saturated heterocycles. The Morgan fingerprint density at radius 2 is 2.24 bits per heavy atom. The molecule has 0 amide bonds. The third kappa shape index (κ3) is 2.29. The lowest BCUT2D eigenvalue weighted by molar-refractivity contribution is 0.395. The minimum Gasteiger partial charge on any atom is -0.481 e. The van der Waals surface area contributed by atoms with Crippen LogP contribution in [0.4, 0.5) is 0 Å². The van der Waals surface area contributed by atoms with Gasteiger partial charge in [0.1, 0.15) is 6.33 Å². The zero-order chi connectivity index (χ0) is 12.4. The highest BCUT2D eigenvalue weighted by atomic mass is 79.9. The highest BCUT2D eigenvalue weighted by Gasteiger charge is 2.18. The summed E-state index contributed by atoms with van der Waals surface area (Å²) in [6.07, 6.45) is 3.13. The number of ether oxygens (including phenoxy) is 1. The highest BCUT2D eigenvalue weighted by Crippen LogP contribution is 2.25. The predicted molar refractivity (Wildman–Crippen MR) is 65.5 cm³/mol.